The van der Waals surface area contributed by atoms with Crippen LogP contribution in [0.1, 0.15) is 24.8 Å². The van der Waals surface area contributed by atoms with Crippen molar-refractivity contribution in [2.75, 3.05) is 17.9 Å². The summed E-state index contributed by atoms with van der Waals surface area (Å²) in [4.78, 5) is 0.236. The summed E-state index contributed by atoms with van der Waals surface area (Å²) in [5, 5.41) is 4.24. The van der Waals surface area contributed by atoms with Gasteiger partial charge in [0, 0.05) is 19.2 Å². The molecule has 2 aliphatic rings. The third kappa shape index (κ3) is 3.64. The van der Waals surface area contributed by atoms with E-state index in [1.807, 2.05) is 0 Å². The van der Waals surface area contributed by atoms with E-state index in [1.165, 1.54) is 6.20 Å². The Kier molecular flexibility index (Phi) is 4.39. The van der Waals surface area contributed by atoms with E-state index in [-0.39, 0.29) is 11.0 Å². The average molecular weight is 363 g/mol. The standard InChI is InChI=1S/C17H21N3O4S/c21-25(22,16-4-5-17-13(9-16)6-8-24-17)19-14-10-18-20(11-14)12-15-3-1-2-7-23-15/h4-5,9-11,15,19H,1-3,6-8,12H2. The highest BCUT2D eigenvalue weighted by Gasteiger charge is 2.20. The molecule has 2 aromatic rings. The van der Waals surface area contributed by atoms with Crippen LogP contribution in [-0.4, -0.2) is 37.5 Å². The van der Waals surface area contributed by atoms with Gasteiger partial charge in [-0.25, -0.2) is 8.42 Å². The molecular weight excluding hydrogens is 342 g/mol. The van der Waals surface area contributed by atoms with E-state index < -0.39 is 10.0 Å². The van der Waals surface area contributed by atoms with Gasteiger partial charge in [0.1, 0.15) is 5.75 Å². The van der Waals surface area contributed by atoms with Crippen molar-refractivity contribution in [1.82, 2.24) is 9.78 Å². The molecule has 0 radical (unpaired) electrons. The topological polar surface area (TPSA) is 82.5 Å². The number of nitrogens with zero attached hydrogens (tertiary/aromatic N) is 2. The maximum Gasteiger partial charge on any atom is 0.262 e. The van der Waals surface area contributed by atoms with Gasteiger partial charge < -0.3 is 9.47 Å². The van der Waals surface area contributed by atoms with Crippen LogP contribution in [0.4, 0.5) is 5.69 Å². The normalized spacial score (nSPS) is 20.1. The molecule has 1 aromatic carbocycles. The van der Waals surface area contributed by atoms with Crippen LogP contribution < -0.4 is 9.46 Å². The van der Waals surface area contributed by atoms with Gasteiger partial charge in [-0.3, -0.25) is 9.40 Å². The number of hydrogen-bond acceptors (Lipinski definition) is 5. The molecule has 0 bridgehead atoms. The Morgan fingerprint density at radius 1 is 1.28 bits per heavy atom. The molecule has 1 N–H and O–H groups in total. The van der Waals surface area contributed by atoms with Gasteiger partial charge in [-0.1, -0.05) is 0 Å². The predicted octanol–water partition coefficient (Wildman–Crippen LogP) is 2.19. The molecule has 1 fully saturated rings. The first-order chi connectivity index (χ1) is 12.1. The molecule has 0 aliphatic carbocycles. The molecule has 2 aliphatic heterocycles. The van der Waals surface area contributed by atoms with Crippen LogP contribution >= 0.6 is 0 Å². The summed E-state index contributed by atoms with van der Waals surface area (Å²) in [6.07, 6.45) is 7.38. The molecule has 1 atom stereocenters. The highest BCUT2D eigenvalue weighted by Crippen LogP contribution is 2.28. The van der Waals surface area contributed by atoms with E-state index in [0.29, 0.717) is 18.8 Å². The van der Waals surface area contributed by atoms with Gasteiger partial charge in [0.15, 0.2) is 0 Å². The predicted molar refractivity (Wildman–Crippen MR) is 92.3 cm³/mol. The monoisotopic (exact) mass is 363 g/mol. The van der Waals surface area contributed by atoms with Crippen molar-refractivity contribution in [2.45, 2.75) is 43.2 Å². The third-order valence-corrected chi connectivity index (χ3v) is 5.90. The van der Waals surface area contributed by atoms with Crippen molar-refractivity contribution in [3.63, 3.8) is 0 Å². The molecule has 1 saturated heterocycles. The lowest BCUT2D eigenvalue weighted by molar-refractivity contribution is 0.00401. The number of benzene rings is 1. The van der Waals surface area contributed by atoms with Crippen LogP contribution in [0, 0.1) is 0 Å². The Bertz CT molecular complexity index is 857. The Morgan fingerprint density at radius 3 is 3.04 bits per heavy atom. The number of nitrogens with one attached hydrogen (secondary N) is 1. The first-order valence-electron chi connectivity index (χ1n) is 8.53. The number of aromatic nitrogens is 2. The van der Waals surface area contributed by atoms with Crippen LogP contribution in [0.5, 0.6) is 5.75 Å². The molecule has 0 amide bonds. The van der Waals surface area contributed by atoms with Crippen LogP contribution in [0.25, 0.3) is 0 Å². The molecular formula is C17H21N3O4S. The fourth-order valence-corrected chi connectivity index (χ4v) is 4.30. The van der Waals surface area contributed by atoms with Gasteiger partial charge in [-0.05, 0) is 43.0 Å². The summed E-state index contributed by atoms with van der Waals surface area (Å²) in [6, 6.07) is 4.94. The number of anilines is 1. The summed E-state index contributed by atoms with van der Waals surface area (Å²) in [6.45, 7) is 2.02. The molecule has 7 nitrogen and oxygen atoms in total. The fourth-order valence-electron chi connectivity index (χ4n) is 3.22. The van der Waals surface area contributed by atoms with Crippen molar-refractivity contribution in [3.05, 3.63) is 36.2 Å². The van der Waals surface area contributed by atoms with E-state index in [0.717, 1.165) is 43.6 Å². The van der Waals surface area contributed by atoms with E-state index >= 15 is 0 Å². The maximum absolute atomic E-state index is 12.6. The van der Waals surface area contributed by atoms with Gasteiger partial charge in [-0.2, -0.15) is 5.10 Å². The Balaban J connectivity index is 1.46. The van der Waals surface area contributed by atoms with Crippen LogP contribution in [0.3, 0.4) is 0 Å². The fraction of sp³-hybridized carbons (Fsp3) is 0.471. The smallest absolute Gasteiger partial charge is 0.262 e. The molecule has 0 saturated carbocycles. The second kappa shape index (κ2) is 6.68. The maximum atomic E-state index is 12.6. The van der Waals surface area contributed by atoms with E-state index in [2.05, 4.69) is 9.82 Å². The Hall–Kier alpha value is -2.06. The van der Waals surface area contributed by atoms with E-state index in [1.54, 1.807) is 29.1 Å². The minimum atomic E-state index is -3.64. The summed E-state index contributed by atoms with van der Waals surface area (Å²) in [7, 11) is -3.64. The van der Waals surface area contributed by atoms with Crippen LogP contribution in [0.15, 0.2) is 35.5 Å². The average Bonchev–Trinajstić information content (AvgIpc) is 3.24. The Morgan fingerprint density at radius 2 is 2.20 bits per heavy atom. The van der Waals surface area contributed by atoms with Gasteiger partial charge >= 0.3 is 0 Å². The van der Waals surface area contributed by atoms with Crippen molar-refractivity contribution in [1.29, 1.82) is 0 Å². The second-order valence-electron chi connectivity index (χ2n) is 6.41. The van der Waals surface area contributed by atoms with Crippen molar-refractivity contribution in [2.24, 2.45) is 0 Å². The first-order valence-corrected chi connectivity index (χ1v) is 10.0. The number of fused-ring (bicyclic) bond motifs is 1. The Labute approximate surface area is 147 Å². The van der Waals surface area contributed by atoms with Gasteiger partial charge in [0.2, 0.25) is 0 Å². The van der Waals surface area contributed by atoms with Crippen LogP contribution in [-0.2, 0) is 27.7 Å². The van der Waals surface area contributed by atoms with Crippen molar-refractivity contribution in [3.8, 4) is 5.75 Å². The molecule has 3 heterocycles. The summed E-state index contributed by atoms with van der Waals surface area (Å²) >= 11 is 0. The van der Waals surface area contributed by atoms with Gasteiger partial charge in [0.05, 0.1) is 36.0 Å². The second-order valence-corrected chi connectivity index (χ2v) is 8.10. The van der Waals surface area contributed by atoms with Crippen LogP contribution in [0.2, 0.25) is 0 Å². The lowest BCUT2D eigenvalue weighted by Crippen LogP contribution is -2.24. The highest BCUT2D eigenvalue weighted by atomic mass is 32.2. The largest absolute Gasteiger partial charge is 0.493 e. The summed E-state index contributed by atoms with van der Waals surface area (Å²) in [5.74, 6) is 0.763. The van der Waals surface area contributed by atoms with E-state index in [4.69, 9.17) is 9.47 Å². The molecule has 8 heteroatoms. The zero-order valence-electron chi connectivity index (χ0n) is 13.8. The highest BCUT2D eigenvalue weighted by molar-refractivity contribution is 7.92. The zero-order valence-corrected chi connectivity index (χ0v) is 14.7. The van der Waals surface area contributed by atoms with Gasteiger partial charge in [0.25, 0.3) is 10.0 Å². The summed E-state index contributed by atoms with van der Waals surface area (Å²) < 4.78 is 40.6. The number of hydrogen-bond donors (Lipinski definition) is 1. The van der Waals surface area contributed by atoms with Crippen molar-refractivity contribution < 1.29 is 17.9 Å². The molecule has 134 valence electrons. The minimum absolute atomic E-state index is 0.148. The number of rotatable bonds is 5. The molecule has 1 aromatic heterocycles. The lowest BCUT2D eigenvalue weighted by Gasteiger charge is -2.22. The number of ether oxygens (including phenoxy) is 2. The molecule has 0 spiro atoms. The zero-order chi connectivity index (χ0) is 17.3. The molecule has 4 rings (SSSR count). The first kappa shape index (κ1) is 16.4. The van der Waals surface area contributed by atoms with Gasteiger partial charge in [-0.15, -0.1) is 0 Å². The lowest BCUT2D eigenvalue weighted by atomic mass is 10.1. The molecule has 1 unspecified atom stereocenters. The third-order valence-electron chi connectivity index (χ3n) is 4.52. The quantitative estimate of drug-likeness (QED) is 0.880. The summed E-state index contributed by atoms with van der Waals surface area (Å²) in [5.41, 5.74) is 1.38. The molecule has 25 heavy (non-hydrogen) atoms. The SMILES string of the molecule is O=S(=O)(Nc1cnn(CC2CCCCO2)c1)c1ccc2c(c1)CCO2. The van der Waals surface area contributed by atoms with Crippen molar-refractivity contribution >= 4 is 15.7 Å². The number of sulfonamides is 1. The minimum Gasteiger partial charge on any atom is -0.493 e. The van der Waals surface area contributed by atoms with E-state index in [9.17, 15) is 8.42 Å².